The van der Waals surface area contributed by atoms with Crippen LogP contribution < -0.4 is 10.0 Å². The van der Waals surface area contributed by atoms with Crippen LogP contribution in [0, 0.1) is 17.5 Å². The number of carbonyl (C=O) groups excluding carboxylic acids is 2. The van der Waals surface area contributed by atoms with Gasteiger partial charge in [0.1, 0.15) is 5.82 Å². The van der Waals surface area contributed by atoms with E-state index in [-0.39, 0.29) is 16.9 Å². The number of ether oxygens (including phenoxy) is 1. The molecule has 0 saturated carbocycles. The fraction of sp³-hybridized carbons (Fsp3) is 0.0909. The molecule has 0 aliphatic carbocycles. The van der Waals surface area contributed by atoms with Gasteiger partial charge in [-0.1, -0.05) is 18.2 Å². The maximum Gasteiger partial charge on any atom is 0.338 e. The number of hydrogen-bond acceptors (Lipinski definition) is 5. The molecule has 1 amide bonds. The Morgan fingerprint density at radius 1 is 0.879 bits per heavy atom. The lowest BCUT2D eigenvalue weighted by atomic mass is 10.2. The average Bonchev–Trinajstić information content (AvgIpc) is 2.77. The lowest BCUT2D eigenvalue weighted by Crippen LogP contribution is -2.30. The van der Waals surface area contributed by atoms with Crippen molar-refractivity contribution in [2.24, 2.45) is 0 Å². The number of hydrogen-bond donors (Lipinski definition) is 2. The highest BCUT2D eigenvalue weighted by molar-refractivity contribution is 7.92. The predicted octanol–water partition coefficient (Wildman–Crippen LogP) is 4.09. The average molecular weight is 478 g/mol. The summed E-state index contributed by atoms with van der Waals surface area (Å²) >= 11 is 0. The number of sulfonamides is 1. The molecule has 3 aromatic rings. The third-order valence-corrected chi connectivity index (χ3v) is 5.72. The van der Waals surface area contributed by atoms with E-state index in [1.807, 2.05) is 0 Å². The normalized spacial score (nSPS) is 12.0. The molecule has 0 spiro atoms. The van der Waals surface area contributed by atoms with Crippen molar-refractivity contribution in [3.8, 4) is 0 Å². The van der Waals surface area contributed by atoms with Gasteiger partial charge in [-0.3, -0.25) is 9.52 Å². The maximum absolute atomic E-state index is 13.7. The number of halogens is 3. The van der Waals surface area contributed by atoms with Crippen molar-refractivity contribution in [2.75, 3.05) is 10.0 Å². The van der Waals surface area contributed by atoms with Crippen molar-refractivity contribution in [3.63, 3.8) is 0 Å². The van der Waals surface area contributed by atoms with Crippen LogP contribution in [-0.2, 0) is 19.6 Å². The number of para-hydroxylation sites is 1. The Morgan fingerprint density at radius 3 is 2.30 bits per heavy atom. The van der Waals surface area contributed by atoms with Crippen molar-refractivity contribution in [1.29, 1.82) is 0 Å². The summed E-state index contributed by atoms with van der Waals surface area (Å²) in [5.74, 6) is -4.92. The minimum absolute atomic E-state index is 0.0577. The van der Waals surface area contributed by atoms with Gasteiger partial charge in [0.2, 0.25) is 0 Å². The fourth-order valence-corrected chi connectivity index (χ4v) is 3.71. The first-order chi connectivity index (χ1) is 15.6. The number of anilines is 2. The molecule has 2 N–H and O–H groups in total. The predicted molar refractivity (Wildman–Crippen MR) is 114 cm³/mol. The van der Waals surface area contributed by atoms with Crippen LogP contribution in [0.25, 0.3) is 0 Å². The van der Waals surface area contributed by atoms with Gasteiger partial charge in [-0.05, 0) is 55.5 Å². The van der Waals surface area contributed by atoms with E-state index in [1.54, 1.807) is 0 Å². The Labute approximate surface area is 187 Å². The fourth-order valence-electron chi connectivity index (χ4n) is 2.65. The molecule has 172 valence electrons. The molecule has 0 heterocycles. The van der Waals surface area contributed by atoms with Crippen LogP contribution in [0.15, 0.2) is 71.6 Å². The molecule has 0 aromatic heterocycles. The Kier molecular flexibility index (Phi) is 7.02. The van der Waals surface area contributed by atoms with Crippen LogP contribution in [0.1, 0.15) is 17.3 Å². The van der Waals surface area contributed by atoms with Crippen molar-refractivity contribution < 1.29 is 35.9 Å². The van der Waals surface area contributed by atoms with Crippen molar-refractivity contribution in [1.82, 2.24) is 0 Å². The van der Waals surface area contributed by atoms with Crippen molar-refractivity contribution in [3.05, 3.63) is 89.7 Å². The van der Waals surface area contributed by atoms with Gasteiger partial charge in [0.05, 0.1) is 16.1 Å². The summed E-state index contributed by atoms with van der Waals surface area (Å²) in [6.45, 7) is 1.28. The lowest BCUT2D eigenvalue weighted by molar-refractivity contribution is -0.123. The molecule has 33 heavy (non-hydrogen) atoms. The smallest absolute Gasteiger partial charge is 0.338 e. The van der Waals surface area contributed by atoms with Crippen molar-refractivity contribution >= 4 is 33.3 Å². The molecule has 3 aromatic carbocycles. The SMILES string of the molecule is CC(OC(=O)c1cccc(NS(=O)(=O)c2ccc(F)c(F)c2)c1)C(=O)Nc1ccccc1F. The third kappa shape index (κ3) is 5.89. The Morgan fingerprint density at radius 2 is 1.61 bits per heavy atom. The standard InChI is InChI=1S/C22H17F3N2O5S/c1-13(21(28)26-20-8-3-2-7-18(20)24)32-22(29)14-5-4-6-15(11-14)27-33(30,31)16-9-10-17(23)19(25)12-16/h2-13,27H,1H3,(H,26,28). The second-order valence-corrected chi connectivity index (χ2v) is 8.46. The number of carbonyl (C=O) groups is 2. The van der Waals surface area contributed by atoms with Crippen LogP contribution in [0.4, 0.5) is 24.5 Å². The maximum atomic E-state index is 13.7. The molecular formula is C22H17F3N2O5S. The first kappa shape index (κ1) is 23.8. The molecule has 0 bridgehead atoms. The van der Waals surface area contributed by atoms with Crippen LogP contribution in [0.3, 0.4) is 0 Å². The molecule has 11 heteroatoms. The zero-order chi connectivity index (χ0) is 24.2. The van der Waals surface area contributed by atoms with E-state index in [2.05, 4.69) is 10.0 Å². The Hall–Kier alpha value is -3.86. The van der Waals surface area contributed by atoms with E-state index < -0.39 is 50.4 Å². The third-order valence-electron chi connectivity index (χ3n) is 4.34. The van der Waals surface area contributed by atoms with E-state index in [0.717, 1.165) is 18.2 Å². The zero-order valence-electron chi connectivity index (χ0n) is 17.0. The number of esters is 1. The summed E-state index contributed by atoms with van der Waals surface area (Å²) in [5.41, 5.74) is -0.234. The van der Waals surface area contributed by atoms with E-state index in [1.165, 1.54) is 43.3 Å². The second-order valence-electron chi connectivity index (χ2n) is 6.78. The molecule has 3 rings (SSSR count). The van der Waals surface area contributed by atoms with Gasteiger partial charge in [0.15, 0.2) is 17.7 Å². The van der Waals surface area contributed by atoms with E-state index in [9.17, 15) is 31.2 Å². The quantitative estimate of drug-likeness (QED) is 0.498. The minimum Gasteiger partial charge on any atom is -0.449 e. The van der Waals surface area contributed by atoms with E-state index in [4.69, 9.17) is 4.74 Å². The Balaban J connectivity index is 1.69. The molecule has 7 nitrogen and oxygen atoms in total. The number of rotatable bonds is 7. The van der Waals surface area contributed by atoms with Crippen LogP contribution in [0.5, 0.6) is 0 Å². The summed E-state index contributed by atoms with van der Waals surface area (Å²) in [5, 5.41) is 2.30. The monoisotopic (exact) mass is 478 g/mol. The van der Waals surface area contributed by atoms with Crippen LogP contribution in [-0.4, -0.2) is 26.4 Å². The molecular weight excluding hydrogens is 461 g/mol. The van der Waals surface area contributed by atoms with Gasteiger partial charge >= 0.3 is 5.97 Å². The highest BCUT2D eigenvalue weighted by Gasteiger charge is 2.21. The van der Waals surface area contributed by atoms with Gasteiger partial charge in [-0.15, -0.1) is 0 Å². The first-order valence-electron chi connectivity index (χ1n) is 9.41. The molecule has 0 saturated heterocycles. The number of nitrogens with one attached hydrogen (secondary N) is 2. The summed E-state index contributed by atoms with van der Waals surface area (Å²) in [6, 6.07) is 12.7. The van der Waals surface area contributed by atoms with E-state index in [0.29, 0.717) is 12.1 Å². The summed E-state index contributed by atoms with van der Waals surface area (Å²) in [4.78, 5) is 24.1. The second kappa shape index (κ2) is 9.74. The Bertz CT molecular complexity index is 1310. The minimum atomic E-state index is -4.28. The topological polar surface area (TPSA) is 102 Å². The summed E-state index contributed by atoms with van der Waals surface area (Å²) < 4.78 is 72.2. The zero-order valence-corrected chi connectivity index (χ0v) is 17.8. The lowest BCUT2D eigenvalue weighted by Gasteiger charge is -2.14. The van der Waals surface area contributed by atoms with Gasteiger partial charge in [-0.25, -0.2) is 26.4 Å². The molecule has 0 radical (unpaired) electrons. The highest BCUT2D eigenvalue weighted by atomic mass is 32.2. The summed E-state index contributed by atoms with van der Waals surface area (Å²) in [6.07, 6.45) is -1.29. The molecule has 0 aliphatic heterocycles. The number of amides is 1. The number of benzene rings is 3. The summed E-state index contributed by atoms with van der Waals surface area (Å²) in [7, 11) is -4.28. The molecule has 1 atom stereocenters. The van der Waals surface area contributed by atoms with Crippen molar-refractivity contribution in [2.45, 2.75) is 17.9 Å². The van der Waals surface area contributed by atoms with Gasteiger partial charge in [0.25, 0.3) is 15.9 Å². The largest absolute Gasteiger partial charge is 0.449 e. The van der Waals surface area contributed by atoms with E-state index >= 15 is 0 Å². The molecule has 1 unspecified atom stereocenters. The van der Waals surface area contributed by atoms with Gasteiger partial charge in [-0.2, -0.15) is 0 Å². The van der Waals surface area contributed by atoms with Crippen LogP contribution in [0.2, 0.25) is 0 Å². The first-order valence-corrected chi connectivity index (χ1v) is 10.9. The van der Waals surface area contributed by atoms with Gasteiger partial charge in [0, 0.05) is 5.69 Å². The highest BCUT2D eigenvalue weighted by Crippen LogP contribution is 2.20. The van der Waals surface area contributed by atoms with Crippen LogP contribution >= 0.6 is 0 Å². The molecule has 0 fully saturated rings. The van der Waals surface area contributed by atoms with Gasteiger partial charge < -0.3 is 10.1 Å². The molecule has 0 aliphatic rings.